The number of likely N-dealkylation sites (tertiary alicyclic amines) is 1. The standard InChI is InChI=1S/C30H40F3N3O4/c1-17(2)27(38)35(18-6-9-23(36(39)40)22(16-18)30(31,32)33)25-11-8-20-19-7-10-24-28(3,15-13-26(37)34(24)5)21(19)12-14-29(20,25)4/h6,9,16-17,19-21,24-25H,7-8,10-15H2,1-5H3/t19?,20?,21?,24-,25+,28-,29+/m1/s1. The van der Waals surface area contributed by atoms with Crippen molar-refractivity contribution in [1.82, 2.24) is 4.90 Å². The molecule has 0 N–H and O–H groups in total. The van der Waals surface area contributed by atoms with Gasteiger partial charge in [0.25, 0.3) is 5.69 Å². The van der Waals surface area contributed by atoms with Crippen LogP contribution in [-0.4, -0.2) is 40.8 Å². The highest BCUT2D eigenvalue weighted by Crippen LogP contribution is 2.65. The molecule has 2 amide bonds. The van der Waals surface area contributed by atoms with E-state index in [0.717, 1.165) is 50.7 Å². The summed E-state index contributed by atoms with van der Waals surface area (Å²) in [6, 6.07) is 2.92. The van der Waals surface area contributed by atoms with Gasteiger partial charge in [0.15, 0.2) is 0 Å². The number of hydrogen-bond acceptors (Lipinski definition) is 4. The quantitative estimate of drug-likeness (QED) is 0.297. The van der Waals surface area contributed by atoms with Crippen LogP contribution in [0, 0.1) is 44.6 Å². The van der Waals surface area contributed by atoms with E-state index in [1.54, 1.807) is 18.7 Å². The van der Waals surface area contributed by atoms with Crippen molar-refractivity contribution in [3.63, 3.8) is 0 Å². The molecule has 3 unspecified atom stereocenters. The largest absolute Gasteiger partial charge is 0.423 e. The van der Waals surface area contributed by atoms with E-state index >= 15 is 0 Å². The van der Waals surface area contributed by atoms with Crippen molar-refractivity contribution in [2.24, 2.45) is 34.5 Å². The Labute approximate surface area is 233 Å². The summed E-state index contributed by atoms with van der Waals surface area (Å²) in [7, 11) is 1.93. The molecule has 0 radical (unpaired) electrons. The zero-order chi connectivity index (χ0) is 29.4. The number of rotatable bonds is 4. The minimum Gasteiger partial charge on any atom is -0.342 e. The SMILES string of the molecule is CC(C)C(=O)N(c1ccc([N+](=O)[O-])c(C(F)(F)F)c1)[C@H]1CCC2C3CC[C@H]4N(C)C(=O)CC[C@]4(C)C3CC[C@@]21C. The number of halogens is 3. The van der Waals surface area contributed by atoms with E-state index in [9.17, 15) is 32.9 Å². The van der Waals surface area contributed by atoms with Gasteiger partial charge in [-0.15, -0.1) is 0 Å². The van der Waals surface area contributed by atoms with Crippen LogP contribution in [-0.2, 0) is 15.8 Å². The molecule has 0 bridgehead atoms. The molecule has 0 aromatic heterocycles. The molecule has 7 atom stereocenters. The highest BCUT2D eigenvalue weighted by Gasteiger charge is 2.62. The van der Waals surface area contributed by atoms with Gasteiger partial charge in [-0.2, -0.15) is 13.2 Å². The van der Waals surface area contributed by atoms with Gasteiger partial charge in [-0.05, 0) is 85.7 Å². The first-order valence-electron chi connectivity index (χ1n) is 14.6. The Morgan fingerprint density at radius 1 is 1.07 bits per heavy atom. The van der Waals surface area contributed by atoms with Crippen LogP contribution in [0.25, 0.3) is 0 Å². The molecule has 3 aliphatic carbocycles. The van der Waals surface area contributed by atoms with Crippen LogP contribution in [0.15, 0.2) is 18.2 Å². The minimum atomic E-state index is -4.92. The highest BCUT2D eigenvalue weighted by atomic mass is 19.4. The summed E-state index contributed by atoms with van der Waals surface area (Å²) in [5.74, 6) is 0.716. The fraction of sp³-hybridized carbons (Fsp3) is 0.733. The van der Waals surface area contributed by atoms with E-state index in [2.05, 4.69) is 13.8 Å². The summed E-state index contributed by atoms with van der Waals surface area (Å²) in [4.78, 5) is 40.0. The minimum absolute atomic E-state index is 0.0401. The summed E-state index contributed by atoms with van der Waals surface area (Å²) in [5, 5.41) is 11.4. The van der Waals surface area contributed by atoms with E-state index in [1.807, 2.05) is 11.9 Å². The third kappa shape index (κ3) is 4.31. The van der Waals surface area contributed by atoms with Crippen LogP contribution in [0.2, 0.25) is 0 Å². The number of benzene rings is 1. The number of nitrogens with zero attached hydrogens (tertiary/aromatic N) is 3. The van der Waals surface area contributed by atoms with Gasteiger partial charge in [0.2, 0.25) is 11.8 Å². The number of carbonyl (C=O) groups is 2. The average Bonchev–Trinajstić information content (AvgIpc) is 3.23. The smallest absolute Gasteiger partial charge is 0.342 e. The second kappa shape index (κ2) is 9.72. The van der Waals surface area contributed by atoms with E-state index in [1.165, 1.54) is 6.07 Å². The fourth-order valence-electron chi connectivity index (χ4n) is 9.35. The summed E-state index contributed by atoms with van der Waals surface area (Å²) < 4.78 is 41.7. The molecule has 3 saturated carbocycles. The Balaban J connectivity index is 1.51. The topological polar surface area (TPSA) is 83.8 Å². The fourth-order valence-corrected chi connectivity index (χ4v) is 9.35. The van der Waals surface area contributed by atoms with Crippen LogP contribution < -0.4 is 4.90 Å². The maximum Gasteiger partial charge on any atom is 0.423 e. The van der Waals surface area contributed by atoms with Crippen molar-refractivity contribution in [3.8, 4) is 0 Å². The van der Waals surface area contributed by atoms with Crippen molar-refractivity contribution in [1.29, 1.82) is 0 Å². The van der Waals surface area contributed by atoms with Crippen molar-refractivity contribution in [2.75, 3.05) is 11.9 Å². The molecule has 5 rings (SSSR count). The van der Waals surface area contributed by atoms with Crippen LogP contribution >= 0.6 is 0 Å². The lowest BCUT2D eigenvalue weighted by Crippen LogP contribution is -2.62. The summed E-state index contributed by atoms with van der Waals surface area (Å²) in [5.41, 5.74) is -2.51. The lowest BCUT2D eigenvalue weighted by atomic mass is 9.47. The molecule has 0 spiro atoms. The Bertz CT molecular complexity index is 1220. The first-order chi connectivity index (χ1) is 18.6. The molecular formula is C30H40F3N3O4. The molecule has 10 heteroatoms. The number of hydrogen-bond donors (Lipinski definition) is 0. The number of carbonyl (C=O) groups excluding carboxylic acids is 2. The van der Waals surface area contributed by atoms with Crippen molar-refractivity contribution >= 4 is 23.2 Å². The van der Waals surface area contributed by atoms with Gasteiger partial charge in [0.05, 0.1) is 4.92 Å². The summed E-state index contributed by atoms with van der Waals surface area (Å²) >= 11 is 0. The second-order valence-corrected chi connectivity index (χ2v) is 13.4. The van der Waals surface area contributed by atoms with Gasteiger partial charge in [0.1, 0.15) is 5.56 Å². The van der Waals surface area contributed by atoms with Crippen LogP contribution in [0.3, 0.4) is 0 Å². The van der Waals surface area contributed by atoms with Crippen molar-refractivity contribution in [3.05, 3.63) is 33.9 Å². The van der Waals surface area contributed by atoms with E-state index in [4.69, 9.17) is 0 Å². The zero-order valence-corrected chi connectivity index (χ0v) is 24.0. The zero-order valence-electron chi connectivity index (χ0n) is 24.0. The highest BCUT2D eigenvalue weighted by molar-refractivity contribution is 5.95. The molecule has 220 valence electrons. The van der Waals surface area contributed by atoms with Crippen molar-refractivity contribution < 1.29 is 27.7 Å². The van der Waals surface area contributed by atoms with Gasteiger partial charge >= 0.3 is 6.18 Å². The molecule has 7 nitrogen and oxygen atoms in total. The van der Waals surface area contributed by atoms with Crippen LogP contribution in [0.5, 0.6) is 0 Å². The lowest BCUT2D eigenvalue weighted by molar-refractivity contribution is -0.388. The molecule has 1 saturated heterocycles. The van der Waals surface area contributed by atoms with Crippen molar-refractivity contribution in [2.45, 2.75) is 97.3 Å². The normalized spacial score (nSPS) is 35.7. The third-order valence-corrected chi connectivity index (χ3v) is 11.3. The van der Waals surface area contributed by atoms with E-state index in [-0.39, 0.29) is 40.4 Å². The molecule has 4 fully saturated rings. The Kier molecular flexibility index (Phi) is 7.02. The van der Waals surface area contributed by atoms with Gasteiger partial charge < -0.3 is 9.80 Å². The Hall–Kier alpha value is -2.65. The lowest BCUT2D eigenvalue weighted by Gasteiger charge is -2.62. The molecule has 1 aliphatic heterocycles. The molecule has 1 aromatic rings. The Morgan fingerprint density at radius 2 is 1.75 bits per heavy atom. The number of nitro benzene ring substituents is 1. The number of fused-ring (bicyclic) bond motifs is 5. The number of amides is 2. The third-order valence-electron chi connectivity index (χ3n) is 11.3. The monoisotopic (exact) mass is 563 g/mol. The van der Waals surface area contributed by atoms with Gasteiger partial charge in [0, 0.05) is 43.2 Å². The molecule has 4 aliphatic rings. The molecule has 1 aromatic carbocycles. The van der Waals surface area contributed by atoms with Gasteiger partial charge in [-0.25, -0.2) is 0 Å². The second-order valence-electron chi connectivity index (χ2n) is 13.4. The number of anilines is 1. The maximum absolute atomic E-state index is 13.9. The number of piperidine rings is 1. The number of nitro groups is 1. The van der Waals surface area contributed by atoms with Crippen LogP contribution in [0.4, 0.5) is 24.5 Å². The van der Waals surface area contributed by atoms with Gasteiger partial charge in [-0.1, -0.05) is 27.7 Å². The molecule has 1 heterocycles. The predicted molar refractivity (Wildman–Crippen MR) is 144 cm³/mol. The first-order valence-corrected chi connectivity index (χ1v) is 14.6. The van der Waals surface area contributed by atoms with E-state index < -0.39 is 28.3 Å². The summed E-state index contributed by atoms with van der Waals surface area (Å²) in [6.45, 7) is 8.02. The van der Waals surface area contributed by atoms with E-state index in [0.29, 0.717) is 30.6 Å². The first kappa shape index (κ1) is 28.9. The maximum atomic E-state index is 13.9. The molecular weight excluding hydrogens is 523 g/mol. The predicted octanol–water partition coefficient (Wildman–Crippen LogP) is 6.83. The van der Waals surface area contributed by atoms with Crippen LogP contribution in [0.1, 0.15) is 84.6 Å². The Morgan fingerprint density at radius 3 is 2.38 bits per heavy atom. The van der Waals surface area contributed by atoms with Gasteiger partial charge in [-0.3, -0.25) is 19.7 Å². The summed E-state index contributed by atoms with van der Waals surface area (Å²) in [6.07, 6.45) is 1.86. The average molecular weight is 564 g/mol. The number of alkyl halides is 3. The molecule has 40 heavy (non-hydrogen) atoms.